The summed E-state index contributed by atoms with van der Waals surface area (Å²) < 4.78 is 0. The molecular weight excluding hydrogens is 200 g/mol. The molecule has 0 amide bonds. The zero-order valence-corrected chi connectivity index (χ0v) is 10.6. The molecule has 0 aromatic carbocycles. The van der Waals surface area contributed by atoms with Crippen LogP contribution in [0.1, 0.15) is 46.0 Å². The molecule has 1 fully saturated rings. The minimum Gasteiger partial charge on any atom is -0.356 e. The quantitative estimate of drug-likeness (QED) is 0.295. The number of rotatable bonds is 4. The molecule has 2 atom stereocenters. The molecule has 1 saturated carbocycles. The van der Waals surface area contributed by atoms with Crippen LogP contribution in [-0.4, -0.2) is 19.0 Å². The molecular formula is C12H26N4. The Bertz CT molecular complexity index is 215. The average Bonchev–Trinajstić information content (AvgIpc) is 2.28. The molecule has 0 aromatic rings. The van der Waals surface area contributed by atoms with Gasteiger partial charge in [0, 0.05) is 13.1 Å². The first kappa shape index (κ1) is 13.3. The fraction of sp³-hybridized carbons (Fsp3) is 0.917. The first-order valence-electron chi connectivity index (χ1n) is 6.51. The van der Waals surface area contributed by atoms with Gasteiger partial charge < -0.3 is 5.32 Å². The van der Waals surface area contributed by atoms with Crippen molar-refractivity contribution in [3.8, 4) is 0 Å². The van der Waals surface area contributed by atoms with Crippen LogP contribution < -0.4 is 16.6 Å². The van der Waals surface area contributed by atoms with E-state index in [2.05, 4.69) is 22.7 Å². The first-order valence-corrected chi connectivity index (χ1v) is 6.51. The monoisotopic (exact) mass is 226 g/mol. The van der Waals surface area contributed by atoms with E-state index in [-0.39, 0.29) is 0 Å². The average molecular weight is 226 g/mol. The van der Waals surface area contributed by atoms with Crippen LogP contribution in [0.3, 0.4) is 0 Å². The second-order valence-corrected chi connectivity index (χ2v) is 4.83. The zero-order valence-electron chi connectivity index (χ0n) is 10.6. The van der Waals surface area contributed by atoms with Crippen LogP contribution >= 0.6 is 0 Å². The van der Waals surface area contributed by atoms with Crippen LogP contribution in [0, 0.1) is 11.8 Å². The Balaban J connectivity index is 2.22. The summed E-state index contributed by atoms with van der Waals surface area (Å²) in [5, 5.41) is 3.09. The van der Waals surface area contributed by atoms with E-state index in [0.29, 0.717) is 5.96 Å². The van der Waals surface area contributed by atoms with E-state index in [9.17, 15) is 0 Å². The van der Waals surface area contributed by atoms with Crippen LogP contribution in [0.25, 0.3) is 0 Å². The van der Waals surface area contributed by atoms with Crippen molar-refractivity contribution in [2.24, 2.45) is 22.7 Å². The normalized spacial score (nSPS) is 26.6. The molecule has 1 aliphatic rings. The number of hydrazine groups is 1. The topological polar surface area (TPSA) is 62.4 Å². The van der Waals surface area contributed by atoms with E-state index in [4.69, 9.17) is 5.84 Å². The molecule has 2 unspecified atom stereocenters. The smallest absolute Gasteiger partial charge is 0.205 e. The predicted molar refractivity (Wildman–Crippen MR) is 69.0 cm³/mol. The highest BCUT2D eigenvalue weighted by molar-refractivity contribution is 5.78. The Labute approximate surface area is 99.1 Å². The Morgan fingerprint density at radius 1 is 1.44 bits per heavy atom. The van der Waals surface area contributed by atoms with Crippen molar-refractivity contribution < 1.29 is 0 Å². The molecule has 0 radical (unpaired) electrons. The van der Waals surface area contributed by atoms with Gasteiger partial charge in [0.25, 0.3) is 0 Å². The molecule has 0 bridgehead atoms. The van der Waals surface area contributed by atoms with Gasteiger partial charge in [0.15, 0.2) is 0 Å². The lowest BCUT2D eigenvalue weighted by atomic mass is 9.81. The van der Waals surface area contributed by atoms with E-state index in [1.54, 1.807) is 0 Å². The predicted octanol–water partition coefficient (Wildman–Crippen LogP) is 1.63. The van der Waals surface area contributed by atoms with Crippen LogP contribution in [0.2, 0.25) is 0 Å². The Hall–Kier alpha value is -0.770. The molecule has 0 saturated heterocycles. The highest BCUT2D eigenvalue weighted by atomic mass is 15.3. The van der Waals surface area contributed by atoms with Crippen LogP contribution in [0.5, 0.6) is 0 Å². The maximum Gasteiger partial charge on any atom is 0.205 e. The molecule has 0 aliphatic heterocycles. The summed E-state index contributed by atoms with van der Waals surface area (Å²) in [4.78, 5) is 4.42. The van der Waals surface area contributed by atoms with Gasteiger partial charge in [-0.15, -0.1) is 0 Å². The minimum absolute atomic E-state index is 0.714. The van der Waals surface area contributed by atoms with Crippen molar-refractivity contribution in [2.75, 3.05) is 13.1 Å². The third-order valence-corrected chi connectivity index (χ3v) is 3.33. The molecule has 0 spiro atoms. The lowest BCUT2D eigenvalue weighted by molar-refractivity contribution is 0.272. The summed E-state index contributed by atoms with van der Waals surface area (Å²) in [7, 11) is 0. The number of guanidine groups is 1. The molecule has 4 heteroatoms. The molecule has 1 aliphatic carbocycles. The lowest BCUT2D eigenvalue weighted by Gasteiger charge is -2.26. The van der Waals surface area contributed by atoms with Crippen molar-refractivity contribution >= 4 is 5.96 Å². The van der Waals surface area contributed by atoms with E-state index in [1.807, 2.05) is 6.92 Å². The van der Waals surface area contributed by atoms with Gasteiger partial charge in [-0.3, -0.25) is 10.4 Å². The zero-order chi connectivity index (χ0) is 11.8. The van der Waals surface area contributed by atoms with E-state index in [1.165, 1.54) is 32.1 Å². The fourth-order valence-electron chi connectivity index (χ4n) is 2.50. The van der Waals surface area contributed by atoms with Crippen molar-refractivity contribution in [3.05, 3.63) is 0 Å². The molecule has 1 rings (SSSR count). The van der Waals surface area contributed by atoms with Crippen LogP contribution in [0.15, 0.2) is 4.99 Å². The maximum absolute atomic E-state index is 5.36. The molecule has 4 nitrogen and oxygen atoms in total. The van der Waals surface area contributed by atoms with E-state index >= 15 is 0 Å². The van der Waals surface area contributed by atoms with Gasteiger partial charge in [-0.25, -0.2) is 5.84 Å². The lowest BCUT2D eigenvalue weighted by Crippen LogP contribution is -2.41. The Morgan fingerprint density at radius 2 is 2.25 bits per heavy atom. The SMILES string of the molecule is CCNC(=NCCC1CCCC(C)C1)NN. The van der Waals surface area contributed by atoms with Crippen molar-refractivity contribution in [1.29, 1.82) is 0 Å². The minimum atomic E-state index is 0.714. The first-order chi connectivity index (χ1) is 7.76. The van der Waals surface area contributed by atoms with Gasteiger partial charge in [-0.2, -0.15) is 0 Å². The standard InChI is InChI=1S/C12H26N4/c1-3-14-12(16-13)15-8-7-11-6-4-5-10(2)9-11/h10-11H,3-9,13H2,1-2H3,(H2,14,15,16). The summed E-state index contributed by atoms with van der Waals surface area (Å²) in [6.45, 7) is 6.13. The largest absolute Gasteiger partial charge is 0.356 e. The summed E-state index contributed by atoms with van der Waals surface area (Å²) >= 11 is 0. The third kappa shape index (κ3) is 4.84. The maximum atomic E-state index is 5.36. The van der Waals surface area contributed by atoms with Crippen LogP contribution in [0.4, 0.5) is 0 Å². The van der Waals surface area contributed by atoms with Gasteiger partial charge in [0.1, 0.15) is 0 Å². The van der Waals surface area contributed by atoms with E-state index in [0.717, 1.165) is 24.9 Å². The number of nitrogens with two attached hydrogens (primary N) is 1. The second kappa shape index (κ2) is 7.49. The molecule has 0 aromatic heterocycles. The Kier molecular flexibility index (Phi) is 6.23. The Morgan fingerprint density at radius 3 is 2.88 bits per heavy atom. The van der Waals surface area contributed by atoms with E-state index < -0.39 is 0 Å². The molecule has 16 heavy (non-hydrogen) atoms. The number of hydrogen-bond donors (Lipinski definition) is 3. The molecule has 4 N–H and O–H groups in total. The second-order valence-electron chi connectivity index (χ2n) is 4.83. The third-order valence-electron chi connectivity index (χ3n) is 3.33. The summed E-state index contributed by atoms with van der Waals surface area (Å²) in [6.07, 6.45) is 6.76. The number of aliphatic imine (C=N–C) groups is 1. The number of nitrogens with zero attached hydrogens (tertiary/aromatic N) is 1. The fourth-order valence-corrected chi connectivity index (χ4v) is 2.50. The summed E-state index contributed by atoms with van der Waals surface area (Å²) in [6, 6.07) is 0. The highest BCUT2D eigenvalue weighted by Crippen LogP contribution is 2.30. The van der Waals surface area contributed by atoms with Crippen LogP contribution in [-0.2, 0) is 0 Å². The number of nitrogens with one attached hydrogen (secondary N) is 2. The highest BCUT2D eigenvalue weighted by Gasteiger charge is 2.18. The van der Waals surface area contributed by atoms with Crippen molar-refractivity contribution in [1.82, 2.24) is 10.7 Å². The summed E-state index contributed by atoms with van der Waals surface area (Å²) in [5.74, 6) is 7.85. The molecule has 94 valence electrons. The van der Waals surface area contributed by atoms with Crippen molar-refractivity contribution in [3.63, 3.8) is 0 Å². The van der Waals surface area contributed by atoms with Gasteiger partial charge in [-0.05, 0) is 31.6 Å². The van der Waals surface area contributed by atoms with Gasteiger partial charge in [0.2, 0.25) is 5.96 Å². The number of hydrogen-bond acceptors (Lipinski definition) is 2. The van der Waals surface area contributed by atoms with Gasteiger partial charge in [0.05, 0.1) is 0 Å². The molecule has 0 heterocycles. The van der Waals surface area contributed by atoms with Gasteiger partial charge >= 0.3 is 0 Å². The van der Waals surface area contributed by atoms with Crippen molar-refractivity contribution in [2.45, 2.75) is 46.0 Å². The summed E-state index contributed by atoms with van der Waals surface area (Å²) in [5.41, 5.74) is 2.59. The van der Waals surface area contributed by atoms with Gasteiger partial charge in [-0.1, -0.05) is 26.2 Å².